The molecule has 0 saturated carbocycles. The van der Waals surface area contributed by atoms with Gasteiger partial charge in [0.15, 0.2) is 0 Å². The Bertz CT molecular complexity index is 529. The quantitative estimate of drug-likeness (QED) is 0.865. The SMILES string of the molecule is CCN1CCN(c2ccc(C(=O)NCC(O)C(C)(C)C)cc2)CC1. The number of anilines is 1. The Morgan fingerprint density at radius 2 is 1.75 bits per heavy atom. The molecule has 1 unspecified atom stereocenters. The maximum absolute atomic E-state index is 12.2. The average Bonchev–Trinajstić information content (AvgIpc) is 2.58. The number of nitrogens with one attached hydrogen (secondary N) is 1. The molecule has 5 heteroatoms. The molecule has 24 heavy (non-hydrogen) atoms. The number of hydrogen-bond donors (Lipinski definition) is 2. The van der Waals surface area contributed by atoms with Gasteiger partial charge in [0.1, 0.15) is 0 Å². The third-order valence-corrected chi connectivity index (χ3v) is 4.77. The highest BCUT2D eigenvalue weighted by Gasteiger charge is 2.22. The van der Waals surface area contributed by atoms with Crippen LogP contribution >= 0.6 is 0 Å². The van der Waals surface area contributed by atoms with E-state index in [0.29, 0.717) is 5.56 Å². The summed E-state index contributed by atoms with van der Waals surface area (Å²) in [7, 11) is 0. The van der Waals surface area contributed by atoms with E-state index in [1.54, 1.807) is 0 Å². The molecule has 0 radical (unpaired) electrons. The number of aliphatic hydroxyl groups is 1. The van der Waals surface area contributed by atoms with Gasteiger partial charge in [-0.15, -0.1) is 0 Å². The van der Waals surface area contributed by atoms with Crippen LogP contribution in [0, 0.1) is 5.41 Å². The lowest BCUT2D eigenvalue weighted by atomic mass is 9.89. The van der Waals surface area contributed by atoms with Crippen molar-refractivity contribution in [2.24, 2.45) is 5.41 Å². The number of carbonyl (C=O) groups is 1. The van der Waals surface area contributed by atoms with Gasteiger partial charge in [-0.3, -0.25) is 4.79 Å². The van der Waals surface area contributed by atoms with Gasteiger partial charge in [0.2, 0.25) is 0 Å². The fourth-order valence-electron chi connectivity index (χ4n) is 2.74. The summed E-state index contributed by atoms with van der Waals surface area (Å²) in [6.07, 6.45) is -0.560. The van der Waals surface area contributed by atoms with E-state index < -0.39 is 6.10 Å². The van der Waals surface area contributed by atoms with E-state index in [1.165, 1.54) is 0 Å². The predicted octanol–water partition coefficient (Wildman–Crippen LogP) is 1.97. The van der Waals surface area contributed by atoms with Crippen molar-refractivity contribution in [1.29, 1.82) is 0 Å². The summed E-state index contributed by atoms with van der Waals surface area (Å²) in [5.74, 6) is -0.138. The fraction of sp³-hybridized carbons (Fsp3) is 0.632. The number of benzene rings is 1. The Labute approximate surface area is 145 Å². The molecule has 0 spiro atoms. The van der Waals surface area contributed by atoms with Crippen molar-refractivity contribution in [2.45, 2.75) is 33.8 Å². The summed E-state index contributed by atoms with van der Waals surface area (Å²) in [4.78, 5) is 17.0. The molecule has 1 aromatic carbocycles. The van der Waals surface area contributed by atoms with Gasteiger partial charge in [-0.05, 0) is 36.2 Å². The predicted molar refractivity (Wildman–Crippen MR) is 98.6 cm³/mol. The van der Waals surface area contributed by atoms with E-state index >= 15 is 0 Å². The highest BCUT2D eigenvalue weighted by Crippen LogP contribution is 2.19. The van der Waals surface area contributed by atoms with E-state index in [-0.39, 0.29) is 17.9 Å². The summed E-state index contributed by atoms with van der Waals surface area (Å²) in [6, 6.07) is 7.74. The molecule has 1 aromatic rings. The van der Waals surface area contributed by atoms with E-state index in [0.717, 1.165) is 38.4 Å². The lowest BCUT2D eigenvalue weighted by molar-refractivity contribution is 0.0587. The fourth-order valence-corrected chi connectivity index (χ4v) is 2.74. The van der Waals surface area contributed by atoms with E-state index in [1.807, 2.05) is 45.0 Å². The zero-order valence-electron chi connectivity index (χ0n) is 15.4. The summed E-state index contributed by atoms with van der Waals surface area (Å²) in [6.45, 7) is 13.7. The molecular formula is C19H31N3O2. The number of likely N-dealkylation sites (N-methyl/N-ethyl adjacent to an activating group) is 1. The number of nitrogens with zero attached hydrogens (tertiary/aromatic N) is 2. The zero-order chi connectivity index (χ0) is 17.7. The maximum Gasteiger partial charge on any atom is 0.251 e. The molecule has 0 aliphatic carbocycles. The van der Waals surface area contributed by atoms with Crippen LogP contribution in [0.5, 0.6) is 0 Å². The lowest BCUT2D eigenvalue weighted by Crippen LogP contribution is -2.46. The minimum absolute atomic E-state index is 0.138. The van der Waals surface area contributed by atoms with Crippen molar-refractivity contribution >= 4 is 11.6 Å². The van der Waals surface area contributed by atoms with Crippen molar-refractivity contribution < 1.29 is 9.90 Å². The van der Waals surface area contributed by atoms with Gasteiger partial charge in [-0.1, -0.05) is 27.7 Å². The van der Waals surface area contributed by atoms with Crippen molar-refractivity contribution in [2.75, 3.05) is 44.2 Å². The Balaban J connectivity index is 1.88. The number of carbonyl (C=O) groups excluding carboxylic acids is 1. The number of amides is 1. The Hall–Kier alpha value is -1.59. The third-order valence-electron chi connectivity index (χ3n) is 4.77. The molecule has 5 nitrogen and oxygen atoms in total. The van der Waals surface area contributed by atoms with Crippen LogP contribution in [0.4, 0.5) is 5.69 Å². The van der Waals surface area contributed by atoms with E-state index in [2.05, 4.69) is 22.0 Å². The van der Waals surface area contributed by atoms with Crippen molar-refractivity contribution in [3.63, 3.8) is 0 Å². The van der Waals surface area contributed by atoms with Crippen LogP contribution in [0.25, 0.3) is 0 Å². The molecule has 0 aromatic heterocycles. The molecule has 1 heterocycles. The monoisotopic (exact) mass is 333 g/mol. The largest absolute Gasteiger partial charge is 0.391 e. The van der Waals surface area contributed by atoms with Gasteiger partial charge in [-0.25, -0.2) is 0 Å². The smallest absolute Gasteiger partial charge is 0.251 e. The van der Waals surface area contributed by atoms with Crippen LogP contribution < -0.4 is 10.2 Å². The Morgan fingerprint density at radius 1 is 1.17 bits per heavy atom. The molecular weight excluding hydrogens is 302 g/mol. The molecule has 1 atom stereocenters. The minimum atomic E-state index is -0.560. The number of hydrogen-bond acceptors (Lipinski definition) is 4. The topological polar surface area (TPSA) is 55.8 Å². The van der Waals surface area contributed by atoms with Crippen LogP contribution in [-0.2, 0) is 0 Å². The molecule has 0 bridgehead atoms. The summed E-state index contributed by atoms with van der Waals surface area (Å²) >= 11 is 0. The van der Waals surface area contributed by atoms with Gasteiger partial charge in [-0.2, -0.15) is 0 Å². The molecule has 2 N–H and O–H groups in total. The average molecular weight is 333 g/mol. The van der Waals surface area contributed by atoms with Crippen molar-refractivity contribution in [3.05, 3.63) is 29.8 Å². The molecule has 2 rings (SSSR count). The number of piperazine rings is 1. The number of rotatable bonds is 5. The van der Waals surface area contributed by atoms with Gasteiger partial charge < -0.3 is 20.2 Å². The van der Waals surface area contributed by atoms with Crippen LogP contribution in [-0.4, -0.2) is 61.3 Å². The normalized spacial score (nSPS) is 17.6. The van der Waals surface area contributed by atoms with Crippen molar-refractivity contribution in [3.8, 4) is 0 Å². The van der Waals surface area contributed by atoms with Gasteiger partial charge in [0.25, 0.3) is 5.91 Å². The summed E-state index contributed by atoms with van der Waals surface area (Å²) < 4.78 is 0. The first-order valence-corrected chi connectivity index (χ1v) is 8.85. The van der Waals surface area contributed by atoms with Gasteiger partial charge in [0.05, 0.1) is 6.10 Å². The molecule has 1 saturated heterocycles. The lowest BCUT2D eigenvalue weighted by Gasteiger charge is -2.35. The first kappa shape index (κ1) is 18.7. The first-order valence-electron chi connectivity index (χ1n) is 8.85. The second-order valence-electron chi connectivity index (χ2n) is 7.56. The van der Waals surface area contributed by atoms with Crippen LogP contribution in [0.2, 0.25) is 0 Å². The molecule has 1 amide bonds. The summed E-state index contributed by atoms with van der Waals surface area (Å²) in [5.41, 5.74) is 1.56. The number of aliphatic hydroxyl groups excluding tert-OH is 1. The Morgan fingerprint density at radius 3 is 2.25 bits per heavy atom. The first-order chi connectivity index (χ1) is 11.3. The second-order valence-corrected chi connectivity index (χ2v) is 7.56. The van der Waals surface area contributed by atoms with Gasteiger partial charge in [0, 0.05) is 44.0 Å². The van der Waals surface area contributed by atoms with Crippen LogP contribution in [0.1, 0.15) is 38.1 Å². The minimum Gasteiger partial charge on any atom is -0.391 e. The highest BCUT2D eigenvalue weighted by atomic mass is 16.3. The Kier molecular flexibility index (Phi) is 6.24. The van der Waals surface area contributed by atoms with E-state index in [4.69, 9.17) is 0 Å². The molecule has 134 valence electrons. The highest BCUT2D eigenvalue weighted by molar-refractivity contribution is 5.94. The summed E-state index contributed by atoms with van der Waals surface area (Å²) in [5, 5.41) is 12.8. The van der Waals surface area contributed by atoms with Gasteiger partial charge >= 0.3 is 0 Å². The van der Waals surface area contributed by atoms with Crippen LogP contribution in [0.15, 0.2) is 24.3 Å². The molecule has 1 aliphatic rings. The van der Waals surface area contributed by atoms with E-state index in [9.17, 15) is 9.90 Å². The molecule has 1 fully saturated rings. The second kappa shape index (κ2) is 7.99. The maximum atomic E-state index is 12.2. The standard InChI is InChI=1S/C19H31N3O2/c1-5-21-10-12-22(13-11-21)16-8-6-15(7-9-16)18(24)20-14-17(23)19(2,3)4/h6-9,17,23H,5,10-14H2,1-4H3,(H,20,24). The van der Waals surface area contributed by atoms with Crippen molar-refractivity contribution in [1.82, 2.24) is 10.2 Å². The third kappa shape index (κ3) is 4.95. The van der Waals surface area contributed by atoms with Crippen LogP contribution in [0.3, 0.4) is 0 Å². The zero-order valence-corrected chi connectivity index (χ0v) is 15.4. The molecule has 1 aliphatic heterocycles.